The maximum absolute atomic E-state index is 5.35. The molecule has 6 nitrogen and oxygen atoms in total. The second-order valence-electron chi connectivity index (χ2n) is 4.43. The number of hydrogen-bond donors (Lipinski definition) is 1. The zero-order valence-electron chi connectivity index (χ0n) is 13.3. The molecule has 1 heterocycles. The van der Waals surface area contributed by atoms with Gasteiger partial charge in [-0.3, -0.25) is 0 Å². The van der Waals surface area contributed by atoms with Crippen LogP contribution in [-0.4, -0.2) is 37.6 Å². The molecule has 0 saturated heterocycles. The Morgan fingerprint density at radius 3 is 2.18 bits per heavy atom. The largest absolute Gasteiger partial charge is 0.493 e. The normalized spacial score (nSPS) is 10.2. The number of aryl methyl sites for hydroxylation is 1. The van der Waals surface area contributed by atoms with Crippen LogP contribution in [-0.2, 0) is 0 Å². The standard InChI is InChI=1S/C15H19N3O3S/c1-9-8-16-15(22-5)18-14(9)17-10-6-11(19-2)13(21-4)12(7-10)20-3/h6-8H,1-5H3,(H,16,17,18). The zero-order valence-corrected chi connectivity index (χ0v) is 14.1. The van der Waals surface area contributed by atoms with Crippen LogP contribution in [0.4, 0.5) is 11.5 Å². The summed E-state index contributed by atoms with van der Waals surface area (Å²) in [6.07, 6.45) is 3.73. The number of anilines is 2. The Morgan fingerprint density at radius 1 is 1.05 bits per heavy atom. The summed E-state index contributed by atoms with van der Waals surface area (Å²) in [5.41, 5.74) is 1.75. The number of methoxy groups -OCH3 is 3. The summed E-state index contributed by atoms with van der Waals surface area (Å²) in [5.74, 6) is 2.47. The van der Waals surface area contributed by atoms with Crippen LogP contribution < -0.4 is 19.5 Å². The molecule has 118 valence electrons. The molecule has 0 fully saturated rings. The summed E-state index contributed by atoms with van der Waals surface area (Å²) >= 11 is 1.49. The van der Waals surface area contributed by atoms with E-state index in [-0.39, 0.29) is 0 Å². The molecule has 0 radical (unpaired) electrons. The fraction of sp³-hybridized carbons (Fsp3) is 0.333. The van der Waals surface area contributed by atoms with Crippen molar-refractivity contribution in [3.63, 3.8) is 0 Å². The fourth-order valence-electron chi connectivity index (χ4n) is 1.94. The summed E-state index contributed by atoms with van der Waals surface area (Å²) in [4.78, 5) is 8.70. The average Bonchev–Trinajstić information content (AvgIpc) is 2.55. The van der Waals surface area contributed by atoms with E-state index in [1.54, 1.807) is 27.5 Å². The van der Waals surface area contributed by atoms with Crippen molar-refractivity contribution in [2.75, 3.05) is 32.9 Å². The zero-order chi connectivity index (χ0) is 16.1. The number of aromatic nitrogens is 2. The molecule has 0 aliphatic rings. The predicted molar refractivity (Wildman–Crippen MR) is 87.9 cm³/mol. The third-order valence-corrected chi connectivity index (χ3v) is 3.62. The van der Waals surface area contributed by atoms with Gasteiger partial charge >= 0.3 is 0 Å². The summed E-state index contributed by atoms with van der Waals surface area (Å²) in [5, 5.41) is 3.98. The van der Waals surface area contributed by atoms with Crippen molar-refractivity contribution in [3.05, 3.63) is 23.9 Å². The molecule has 0 bridgehead atoms. The summed E-state index contributed by atoms with van der Waals surface area (Å²) in [6, 6.07) is 3.67. The Morgan fingerprint density at radius 2 is 1.68 bits per heavy atom. The molecule has 1 aromatic heterocycles. The molecule has 0 saturated carbocycles. The minimum atomic E-state index is 0.555. The SMILES string of the molecule is COc1cc(Nc2nc(SC)ncc2C)cc(OC)c1OC. The highest BCUT2D eigenvalue weighted by atomic mass is 32.2. The van der Waals surface area contributed by atoms with Crippen molar-refractivity contribution in [2.24, 2.45) is 0 Å². The lowest BCUT2D eigenvalue weighted by molar-refractivity contribution is 0.324. The first-order chi connectivity index (χ1) is 10.6. The number of thioether (sulfide) groups is 1. The van der Waals surface area contributed by atoms with E-state index < -0.39 is 0 Å². The minimum Gasteiger partial charge on any atom is -0.493 e. The third-order valence-electron chi connectivity index (χ3n) is 3.06. The molecule has 0 spiro atoms. The van der Waals surface area contributed by atoms with Gasteiger partial charge in [0.15, 0.2) is 16.7 Å². The molecule has 0 unspecified atom stereocenters. The average molecular weight is 321 g/mol. The van der Waals surface area contributed by atoms with Crippen molar-refractivity contribution in [1.29, 1.82) is 0 Å². The van der Waals surface area contributed by atoms with Gasteiger partial charge in [-0.2, -0.15) is 0 Å². The van der Waals surface area contributed by atoms with Gasteiger partial charge in [-0.05, 0) is 13.2 Å². The first-order valence-electron chi connectivity index (χ1n) is 6.57. The maximum atomic E-state index is 5.35. The van der Waals surface area contributed by atoms with Crippen LogP contribution in [0.1, 0.15) is 5.56 Å². The predicted octanol–water partition coefficient (Wildman–Crippen LogP) is 3.28. The lowest BCUT2D eigenvalue weighted by Gasteiger charge is -2.15. The molecular formula is C15H19N3O3S. The second kappa shape index (κ2) is 7.22. The Bertz CT molecular complexity index is 639. The molecule has 22 heavy (non-hydrogen) atoms. The van der Waals surface area contributed by atoms with Gasteiger partial charge in [0.2, 0.25) is 5.75 Å². The lowest BCUT2D eigenvalue weighted by atomic mass is 10.2. The Hall–Kier alpha value is -2.15. The van der Waals surface area contributed by atoms with Crippen LogP contribution in [0.25, 0.3) is 0 Å². The van der Waals surface area contributed by atoms with Gasteiger partial charge in [0.25, 0.3) is 0 Å². The van der Waals surface area contributed by atoms with Crippen LogP contribution >= 0.6 is 11.8 Å². The van der Waals surface area contributed by atoms with Crippen LogP contribution in [0.15, 0.2) is 23.5 Å². The highest BCUT2D eigenvalue weighted by molar-refractivity contribution is 7.98. The number of benzene rings is 1. The monoisotopic (exact) mass is 321 g/mol. The Balaban J connectivity index is 2.41. The number of hydrogen-bond acceptors (Lipinski definition) is 7. The summed E-state index contributed by atoms with van der Waals surface area (Å²) in [6.45, 7) is 1.95. The van der Waals surface area contributed by atoms with Crippen molar-refractivity contribution < 1.29 is 14.2 Å². The number of nitrogens with one attached hydrogen (secondary N) is 1. The van der Waals surface area contributed by atoms with E-state index in [9.17, 15) is 0 Å². The quantitative estimate of drug-likeness (QED) is 0.647. The highest BCUT2D eigenvalue weighted by Gasteiger charge is 2.14. The van der Waals surface area contributed by atoms with Crippen molar-refractivity contribution in [3.8, 4) is 17.2 Å². The third kappa shape index (κ3) is 3.36. The Kier molecular flexibility index (Phi) is 5.32. The van der Waals surface area contributed by atoms with Gasteiger partial charge in [-0.15, -0.1) is 0 Å². The molecule has 0 amide bonds. The van der Waals surface area contributed by atoms with E-state index >= 15 is 0 Å². The summed E-state index contributed by atoms with van der Waals surface area (Å²) in [7, 11) is 4.75. The lowest BCUT2D eigenvalue weighted by Crippen LogP contribution is -2.01. The molecule has 2 rings (SSSR count). The van der Waals surface area contributed by atoms with Gasteiger partial charge in [0.05, 0.1) is 21.3 Å². The van der Waals surface area contributed by atoms with E-state index in [1.807, 2.05) is 25.3 Å². The van der Waals surface area contributed by atoms with E-state index in [0.717, 1.165) is 17.1 Å². The smallest absolute Gasteiger partial charge is 0.203 e. The molecule has 0 aliphatic heterocycles. The Labute approximate surface area is 134 Å². The van der Waals surface area contributed by atoms with E-state index in [2.05, 4.69) is 15.3 Å². The molecule has 1 N–H and O–H groups in total. The number of rotatable bonds is 6. The first kappa shape index (κ1) is 16.2. The minimum absolute atomic E-state index is 0.555. The molecular weight excluding hydrogens is 302 g/mol. The van der Waals surface area contributed by atoms with Crippen LogP contribution in [0.2, 0.25) is 0 Å². The van der Waals surface area contributed by atoms with Gasteiger partial charge in [-0.1, -0.05) is 11.8 Å². The van der Waals surface area contributed by atoms with E-state index in [1.165, 1.54) is 11.8 Å². The molecule has 1 aromatic carbocycles. The van der Waals surface area contributed by atoms with Crippen molar-refractivity contribution >= 4 is 23.3 Å². The van der Waals surface area contributed by atoms with Gasteiger partial charge in [-0.25, -0.2) is 9.97 Å². The van der Waals surface area contributed by atoms with Gasteiger partial charge < -0.3 is 19.5 Å². The second-order valence-corrected chi connectivity index (χ2v) is 5.20. The molecule has 2 aromatic rings. The summed E-state index contributed by atoms with van der Waals surface area (Å²) < 4.78 is 16.0. The molecule has 0 aliphatic carbocycles. The van der Waals surface area contributed by atoms with E-state index in [4.69, 9.17) is 14.2 Å². The van der Waals surface area contributed by atoms with Crippen LogP contribution in [0.5, 0.6) is 17.2 Å². The number of ether oxygens (including phenoxy) is 3. The molecule has 0 atom stereocenters. The van der Waals surface area contributed by atoms with Crippen molar-refractivity contribution in [2.45, 2.75) is 12.1 Å². The molecule has 7 heteroatoms. The van der Waals surface area contributed by atoms with Crippen LogP contribution in [0.3, 0.4) is 0 Å². The van der Waals surface area contributed by atoms with Crippen molar-refractivity contribution in [1.82, 2.24) is 9.97 Å². The van der Waals surface area contributed by atoms with Gasteiger partial charge in [0, 0.05) is 29.6 Å². The number of nitrogens with zero attached hydrogens (tertiary/aromatic N) is 2. The highest BCUT2D eigenvalue weighted by Crippen LogP contribution is 2.40. The maximum Gasteiger partial charge on any atom is 0.203 e. The van der Waals surface area contributed by atoms with E-state index in [0.29, 0.717) is 22.4 Å². The topological polar surface area (TPSA) is 65.5 Å². The fourth-order valence-corrected chi connectivity index (χ4v) is 2.28. The first-order valence-corrected chi connectivity index (χ1v) is 7.80. The van der Waals surface area contributed by atoms with Gasteiger partial charge in [0.1, 0.15) is 5.82 Å². The van der Waals surface area contributed by atoms with Crippen LogP contribution in [0, 0.1) is 6.92 Å².